The molecule has 0 saturated carbocycles. The fourth-order valence-corrected chi connectivity index (χ4v) is 1.99. The fourth-order valence-electron chi connectivity index (χ4n) is 1.79. The Morgan fingerprint density at radius 3 is 2.70 bits per heavy atom. The first kappa shape index (κ1) is 19.0. The molecule has 0 bridgehead atoms. The van der Waals surface area contributed by atoms with E-state index < -0.39 is 11.0 Å². The molecule has 126 valence electrons. The van der Waals surface area contributed by atoms with E-state index >= 15 is 0 Å². The number of pyridine rings is 1. The van der Waals surface area contributed by atoms with Gasteiger partial charge < -0.3 is 9.64 Å². The maximum atomic E-state index is 11.8. The normalized spacial score (nSPS) is 11.0. The fraction of sp³-hybridized carbons (Fsp3) is 0.385. The van der Waals surface area contributed by atoms with E-state index in [0.29, 0.717) is 18.2 Å². The summed E-state index contributed by atoms with van der Waals surface area (Å²) in [6.45, 7) is 2.53. The third-order valence-corrected chi connectivity index (χ3v) is 3.22. The summed E-state index contributed by atoms with van der Waals surface area (Å²) in [7, 11) is 1.37. The molecule has 1 rings (SSSR count). The van der Waals surface area contributed by atoms with Crippen molar-refractivity contribution in [3.63, 3.8) is 0 Å². The summed E-state index contributed by atoms with van der Waals surface area (Å²) in [5.74, 6) is 0.0718. The molecular formula is C13H16Cl2N4O4. The Labute approximate surface area is 143 Å². The largest absolute Gasteiger partial charge is 0.433 e. The molecule has 0 spiro atoms. The van der Waals surface area contributed by atoms with Gasteiger partial charge in [0.05, 0.1) is 4.92 Å². The van der Waals surface area contributed by atoms with E-state index in [0.717, 1.165) is 16.7 Å². The Morgan fingerprint density at radius 2 is 2.22 bits per heavy atom. The van der Waals surface area contributed by atoms with Crippen molar-refractivity contribution < 1.29 is 14.5 Å². The molecule has 1 amide bonds. The molecule has 0 aromatic carbocycles. The van der Waals surface area contributed by atoms with E-state index in [1.807, 2.05) is 0 Å². The molecule has 8 nitrogen and oxygen atoms in total. The Kier molecular flexibility index (Phi) is 7.56. The topological polar surface area (TPSA) is 88.8 Å². The van der Waals surface area contributed by atoms with Crippen LogP contribution in [0.4, 0.5) is 4.79 Å². The van der Waals surface area contributed by atoms with Crippen LogP contribution in [0, 0.1) is 10.1 Å². The predicted octanol–water partition coefficient (Wildman–Crippen LogP) is 2.90. The zero-order valence-electron chi connectivity index (χ0n) is 12.6. The number of nitro groups is 1. The molecule has 0 radical (unpaired) electrons. The number of carbonyl (C=O) groups is 1. The lowest BCUT2D eigenvalue weighted by Crippen LogP contribution is -2.37. The quantitative estimate of drug-likeness (QED) is 0.320. The molecular weight excluding hydrogens is 347 g/mol. The van der Waals surface area contributed by atoms with Gasteiger partial charge in [-0.25, -0.2) is 9.78 Å². The zero-order chi connectivity index (χ0) is 17.4. The summed E-state index contributed by atoms with van der Waals surface area (Å²) in [4.78, 5) is 28.6. The Hall–Kier alpha value is -2.06. The number of amides is 1. The van der Waals surface area contributed by atoms with Crippen LogP contribution < -0.4 is 0 Å². The van der Waals surface area contributed by atoms with Crippen molar-refractivity contribution in [1.29, 1.82) is 0 Å². The number of hydrogen-bond acceptors (Lipinski definition) is 6. The lowest BCUT2D eigenvalue weighted by atomic mass is 10.2. The molecule has 23 heavy (non-hydrogen) atoms. The van der Waals surface area contributed by atoms with E-state index in [2.05, 4.69) is 9.72 Å². The average Bonchev–Trinajstić information content (AvgIpc) is 2.51. The number of aromatic nitrogens is 1. The number of rotatable bonds is 7. The molecule has 0 aliphatic heterocycles. The van der Waals surface area contributed by atoms with Gasteiger partial charge in [-0.15, -0.1) is 0 Å². The highest BCUT2D eigenvalue weighted by Crippen LogP contribution is 2.16. The van der Waals surface area contributed by atoms with E-state index in [1.54, 1.807) is 30.2 Å². The van der Waals surface area contributed by atoms with Gasteiger partial charge in [0.1, 0.15) is 5.15 Å². The monoisotopic (exact) mass is 362 g/mol. The van der Waals surface area contributed by atoms with Crippen LogP contribution in [-0.4, -0.2) is 45.5 Å². The van der Waals surface area contributed by atoms with Gasteiger partial charge in [0.2, 0.25) is 0 Å². The van der Waals surface area contributed by atoms with E-state index in [-0.39, 0.29) is 11.9 Å². The van der Waals surface area contributed by atoms with Crippen molar-refractivity contribution in [1.82, 2.24) is 14.8 Å². The molecule has 0 saturated heterocycles. The Morgan fingerprint density at radius 1 is 1.52 bits per heavy atom. The smallest absolute Gasteiger partial charge is 0.416 e. The summed E-state index contributed by atoms with van der Waals surface area (Å²) in [6.07, 6.45) is 1.51. The number of hydrogen-bond donors (Lipinski definition) is 0. The van der Waals surface area contributed by atoms with Crippen molar-refractivity contribution in [3.8, 4) is 0 Å². The van der Waals surface area contributed by atoms with Crippen molar-refractivity contribution >= 4 is 29.3 Å². The summed E-state index contributed by atoms with van der Waals surface area (Å²) < 4.78 is 4.66. The summed E-state index contributed by atoms with van der Waals surface area (Å²) >= 11 is 11.1. The number of alkyl halides is 1. The van der Waals surface area contributed by atoms with Crippen LogP contribution in [0.3, 0.4) is 0 Å². The molecule has 0 fully saturated rings. The Bertz CT molecular complexity index is 580. The van der Waals surface area contributed by atoms with Crippen LogP contribution in [0.25, 0.3) is 0 Å². The van der Waals surface area contributed by atoms with Crippen LogP contribution >= 0.6 is 23.2 Å². The second-order valence-electron chi connectivity index (χ2n) is 4.35. The van der Waals surface area contributed by atoms with Gasteiger partial charge in [-0.3, -0.25) is 15.0 Å². The minimum Gasteiger partial charge on any atom is -0.433 e. The Balaban J connectivity index is 3.04. The molecule has 0 aliphatic rings. The number of ether oxygens (including phenoxy) is 1. The van der Waals surface area contributed by atoms with Gasteiger partial charge in [0.25, 0.3) is 6.20 Å². The molecule has 1 aromatic heterocycles. The summed E-state index contributed by atoms with van der Waals surface area (Å²) in [5.41, 5.74) is 0.782. The summed E-state index contributed by atoms with van der Waals surface area (Å²) in [6, 6.07) is 3.02. The minimum absolute atomic E-state index is 0.0718. The third kappa shape index (κ3) is 5.91. The molecule has 10 heteroatoms. The van der Waals surface area contributed by atoms with Gasteiger partial charge in [-0.2, -0.15) is 0 Å². The lowest BCUT2D eigenvalue weighted by Gasteiger charge is -2.29. The predicted molar refractivity (Wildman–Crippen MR) is 85.4 cm³/mol. The molecule has 0 unspecified atom stereocenters. The van der Waals surface area contributed by atoms with Crippen LogP contribution in [0.5, 0.6) is 0 Å². The third-order valence-electron chi connectivity index (χ3n) is 2.88. The van der Waals surface area contributed by atoms with Crippen LogP contribution in [0.1, 0.15) is 12.5 Å². The van der Waals surface area contributed by atoms with E-state index in [9.17, 15) is 14.9 Å². The van der Waals surface area contributed by atoms with Crippen LogP contribution in [0.2, 0.25) is 5.15 Å². The summed E-state index contributed by atoms with van der Waals surface area (Å²) in [5, 5.41) is 11.2. The van der Waals surface area contributed by atoms with Crippen LogP contribution in [-0.2, 0) is 11.3 Å². The molecule has 0 aliphatic carbocycles. The average molecular weight is 363 g/mol. The van der Waals surface area contributed by atoms with Gasteiger partial charge >= 0.3 is 6.09 Å². The molecule has 1 aromatic rings. The van der Waals surface area contributed by atoms with Crippen molar-refractivity contribution in [2.45, 2.75) is 13.5 Å². The van der Waals surface area contributed by atoms with E-state index in [4.69, 9.17) is 23.2 Å². The molecule has 1 heterocycles. The van der Waals surface area contributed by atoms with Gasteiger partial charge in [0, 0.05) is 26.3 Å². The number of halogens is 2. The molecule has 0 N–H and O–H groups in total. The van der Waals surface area contributed by atoms with Gasteiger partial charge in [-0.1, -0.05) is 29.3 Å². The second kappa shape index (κ2) is 9.16. The highest BCUT2D eigenvalue weighted by molar-refractivity contribution is 6.29. The maximum absolute atomic E-state index is 11.8. The van der Waals surface area contributed by atoms with Gasteiger partial charge in [-0.05, 0) is 18.6 Å². The first-order chi connectivity index (χ1) is 10.9. The van der Waals surface area contributed by atoms with Crippen molar-refractivity contribution in [3.05, 3.63) is 51.2 Å². The number of nitrogens with zero attached hydrogens (tertiary/aromatic N) is 4. The highest BCUT2D eigenvalue weighted by atomic mass is 35.5. The SMILES string of the molecule is CCN(Cc1ccc(Cl)nc1)C(=C[N+](=O)[O-])N(C)C(=O)OCCl. The van der Waals surface area contributed by atoms with Crippen LogP contribution in [0.15, 0.2) is 30.4 Å². The van der Waals surface area contributed by atoms with Crippen molar-refractivity contribution in [2.75, 3.05) is 19.7 Å². The first-order valence-corrected chi connectivity index (χ1v) is 7.47. The second-order valence-corrected chi connectivity index (χ2v) is 4.96. The standard InChI is InChI=1S/C13H16Cl2N4O4/c1-3-18(7-10-4-5-11(15)16-6-10)12(8-19(21)22)17(2)13(20)23-9-14/h4-6,8H,3,7,9H2,1-2H3. The van der Waals surface area contributed by atoms with E-state index in [1.165, 1.54) is 7.05 Å². The lowest BCUT2D eigenvalue weighted by molar-refractivity contribution is -0.405. The van der Waals surface area contributed by atoms with Gasteiger partial charge in [0.15, 0.2) is 11.9 Å². The first-order valence-electron chi connectivity index (χ1n) is 6.56. The maximum Gasteiger partial charge on any atom is 0.416 e. The number of carbonyl (C=O) groups excluding carboxylic acids is 1. The highest BCUT2D eigenvalue weighted by Gasteiger charge is 2.23. The molecule has 0 atom stereocenters. The zero-order valence-corrected chi connectivity index (χ0v) is 14.1. The minimum atomic E-state index is -0.791. The van der Waals surface area contributed by atoms with Crippen molar-refractivity contribution in [2.24, 2.45) is 0 Å².